The fourth-order valence-electron chi connectivity index (χ4n) is 3.67. The first-order valence-electron chi connectivity index (χ1n) is 8.59. The minimum atomic E-state index is -0.516. The van der Waals surface area contributed by atoms with Crippen LogP contribution in [-0.4, -0.2) is 42.5 Å². The van der Waals surface area contributed by atoms with E-state index in [0.717, 1.165) is 25.9 Å². The standard InChI is InChI=1S/C18H21FN2O3/c19-12-1-4-14-15(8-17(22)20-16(14)7-12)18(23)21(13-2-3-13)9-11-5-6-24-10-11/h1,4,7,11,13,15H,2-3,5-6,8-10H2,(H,20,22). The fraction of sp³-hybridized carbons (Fsp3) is 0.556. The van der Waals surface area contributed by atoms with Crippen LogP contribution in [0.15, 0.2) is 18.2 Å². The van der Waals surface area contributed by atoms with Crippen molar-refractivity contribution in [2.75, 3.05) is 25.1 Å². The normalized spacial score (nSPS) is 26.0. The SMILES string of the molecule is O=C1CC(C(=O)N(CC2CCOC2)C2CC2)c2ccc(F)cc2N1. The molecule has 1 aromatic carbocycles. The van der Waals surface area contributed by atoms with Gasteiger partial charge < -0.3 is 15.0 Å². The Morgan fingerprint density at radius 3 is 2.88 bits per heavy atom. The Labute approximate surface area is 140 Å². The molecule has 2 unspecified atom stereocenters. The molecule has 0 radical (unpaired) electrons. The van der Waals surface area contributed by atoms with E-state index >= 15 is 0 Å². The Morgan fingerprint density at radius 2 is 2.17 bits per heavy atom. The first kappa shape index (κ1) is 15.6. The average molecular weight is 332 g/mol. The van der Waals surface area contributed by atoms with Gasteiger partial charge in [0.2, 0.25) is 11.8 Å². The molecule has 5 nitrogen and oxygen atoms in total. The van der Waals surface area contributed by atoms with Gasteiger partial charge in [0.15, 0.2) is 0 Å². The van der Waals surface area contributed by atoms with Crippen LogP contribution in [0.1, 0.15) is 37.2 Å². The number of halogens is 1. The molecular weight excluding hydrogens is 311 g/mol. The molecule has 1 saturated carbocycles. The second-order valence-corrected chi connectivity index (χ2v) is 6.99. The summed E-state index contributed by atoms with van der Waals surface area (Å²) in [6.45, 7) is 2.15. The molecule has 1 N–H and O–H groups in total. The Balaban J connectivity index is 1.59. The van der Waals surface area contributed by atoms with Crippen molar-refractivity contribution in [1.29, 1.82) is 0 Å². The minimum absolute atomic E-state index is 0.00731. The first-order valence-corrected chi connectivity index (χ1v) is 8.59. The van der Waals surface area contributed by atoms with E-state index in [4.69, 9.17) is 4.74 Å². The van der Waals surface area contributed by atoms with Gasteiger partial charge >= 0.3 is 0 Å². The number of carbonyl (C=O) groups is 2. The highest BCUT2D eigenvalue weighted by atomic mass is 19.1. The van der Waals surface area contributed by atoms with Crippen molar-refractivity contribution >= 4 is 17.5 Å². The molecule has 2 amide bonds. The van der Waals surface area contributed by atoms with Gasteiger partial charge in [0.1, 0.15) is 5.82 Å². The van der Waals surface area contributed by atoms with Crippen molar-refractivity contribution in [3.05, 3.63) is 29.6 Å². The molecule has 0 aromatic heterocycles. The second-order valence-electron chi connectivity index (χ2n) is 6.99. The number of carbonyl (C=O) groups excluding carboxylic acids is 2. The molecule has 1 aliphatic carbocycles. The van der Waals surface area contributed by atoms with Crippen molar-refractivity contribution in [3.63, 3.8) is 0 Å². The molecule has 0 spiro atoms. The molecule has 1 saturated heterocycles. The molecule has 4 rings (SSSR count). The lowest BCUT2D eigenvalue weighted by Crippen LogP contribution is -2.42. The quantitative estimate of drug-likeness (QED) is 0.920. The predicted octanol–water partition coefficient (Wildman–Crippen LogP) is 2.28. The molecule has 24 heavy (non-hydrogen) atoms. The monoisotopic (exact) mass is 332 g/mol. The molecule has 1 aromatic rings. The molecule has 128 valence electrons. The van der Waals surface area contributed by atoms with Gasteiger partial charge in [-0.2, -0.15) is 0 Å². The Bertz CT molecular complexity index is 668. The van der Waals surface area contributed by atoms with E-state index in [1.165, 1.54) is 12.1 Å². The highest BCUT2D eigenvalue weighted by Gasteiger charge is 2.40. The summed E-state index contributed by atoms with van der Waals surface area (Å²) in [6.07, 6.45) is 3.15. The Hall–Kier alpha value is -1.95. The maximum Gasteiger partial charge on any atom is 0.230 e. The maximum absolute atomic E-state index is 13.5. The summed E-state index contributed by atoms with van der Waals surface area (Å²) in [4.78, 5) is 27.1. The van der Waals surface area contributed by atoms with Gasteiger partial charge in [-0.25, -0.2) is 4.39 Å². The molecule has 0 bridgehead atoms. The molecule has 2 atom stereocenters. The number of hydrogen-bond donors (Lipinski definition) is 1. The average Bonchev–Trinajstić information content (AvgIpc) is 3.27. The van der Waals surface area contributed by atoms with Crippen molar-refractivity contribution < 1.29 is 18.7 Å². The third-order valence-corrected chi connectivity index (χ3v) is 5.10. The number of nitrogens with zero attached hydrogens (tertiary/aromatic N) is 1. The number of ether oxygens (including phenoxy) is 1. The topological polar surface area (TPSA) is 58.6 Å². The lowest BCUT2D eigenvalue weighted by atomic mass is 9.89. The molecule has 2 aliphatic heterocycles. The van der Waals surface area contributed by atoms with Gasteiger partial charge in [-0.1, -0.05) is 6.07 Å². The van der Waals surface area contributed by atoms with Gasteiger partial charge in [-0.15, -0.1) is 0 Å². The van der Waals surface area contributed by atoms with Crippen LogP contribution in [0.5, 0.6) is 0 Å². The van der Waals surface area contributed by atoms with Crippen LogP contribution in [0.4, 0.5) is 10.1 Å². The van der Waals surface area contributed by atoms with Crippen LogP contribution in [0.3, 0.4) is 0 Å². The summed E-state index contributed by atoms with van der Waals surface area (Å²) >= 11 is 0. The fourth-order valence-corrected chi connectivity index (χ4v) is 3.67. The second kappa shape index (κ2) is 6.16. The van der Waals surface area contributed by atoms with Crippen LogP contribution in [0, 0.1) is 11.7 Å². The zero-order valence-corrected chi connectivity index (χ0v) is 13.5. The van der Waals surface area contributed by atoms with Crippen molar-refractivity contribution in [1.82, 2.24) is 4.90 Å². The number of amides is 2. The first-order chi connectivity index (χ1) is 11.6. The van der Waals surface area contributed by atoms with Gasteiger partial charge in [-0.3, -0.25) is 9.59 Å². The number of fused-ring (bicyclic) bond motifs is 1. The van der Waals surface area contributed by atoms with Crippen LogP contribution in [0.25, 0.3) is 0 Å². The number of anilines is 1. The third-order valence-electron chi connectivity index (χ3n) is 5.10. The van der Waals surface area contributed by atoms with Crippen LogP contribution in [0.2, 0.25) is 0 Å². The third kappa shape index (κ3) is 3.02. The molecule has 2 fully saturated rings. The predicted molar refractivity (Wildman–Crippen MR) is 86.0 cm³/mol. The molecule has 3 aliphatic rings. The van der Waals surface area contributed by atoms with E-state index in [-0.39, 0.29) is 24.3 Å². The number of benzene rings is 1. The molecule has 6 heteroatoms. The maximum atomic E-state index is 13.5. The van der Waals surface area contributed by atoms with E-state index in [1.807, 2.05) is 4.90 Å². The van der Waals surface area contributed by atoms with E-state index in [1.54, 1.807) is 6.07 Å². The molecule has 2 heterocycles. The summed E-state index contributed by atoms with van der Waals surface area (Å²) in [5.41, 5.74) is 1.14. The van der Waals surface area contributed by atoms with E-state index in [2.05, 4.69) is 5.32 Å². The highest BCUT2D eigenvalue weighted by molar-refractivity contribution is 6.01. The van der Waals surface area contributed by atoms with Gasteiger partial charge in [0, 0.05) is 37.2 Å². The van der Waals surface area contributed by atoms with Crippen LogP contribution < -0.4 is 5.32 Å². The van der Waals surface area contributed by atoms with Gasteiger partial charge in [-0.05, 0) is 37.0 Å². The zero-order chi connectivity index (χ0) is 16.7. The summed E-state index contributed by atoms with van der Waals surface area (Å²) in [6, 6.07) is 4.55. The van der Waals surface area contributed by atoms with Gasteiger partial charge in [0.05, 0.1) is 12.5 Å². The number of rotatable bonds is 4. The van der Waals surface area contributed by atoms with Crippen molar-refractivity contribution in [2.24, 2.45) is 5.92 Å². The largest absolute Gasteiger partial charge is 0.381 e. The number of hydrogen-bond acceptors (Lipinski definition) is 3. The summed E-state index contributed by atoms with van der Waals surface area (Å²) in [5.74, 6) is -0.792. The Morgan fingerprint density at radius 1 is 1.33 bits per heavy atom. The zero-order valence-electron chi connectivity index (χ0n) is 13.5. The van der Waals surface area contributed by atoms with E-state index in [9.17, 15) is 14.0 Å². The van der Waals surface area contributed by atoms with Crippen LogP contribution in [-0.2, 0) is 14.3 Å². The smallest absolute Gasteiger partial charge is 0.230 e. The molecular formula is C18H21FN2O3. The Kier molecular flexibility index (Phi) is 4.00. The summed E-state index contributed by atoms with van der Waals surface area (Å²) in [7, 11) is 0. The number of nitrogens with one attached hydrogen (secondary N) is 1. The van der Waals surface area contributed by atoms with Crippen molar-refractivity contribution in [3.8, 4) is 0 Å². The van der Waals surface area contributed by atoms with Gasteiger partial charge in [0.25, 0.3) is 0 Å². The highest BCUT2D eigenvalue weighted by Crippen LogP contribution is 2.37. The summed E-state index contributed by atoms with van der Waals surface area (Å²) < 4.78 is 18.9. The van der Waals surface area contributed by atoms with E-state index in [0.29, 0.717) is 30.3 Å². The van der Waals surface area contributed by atoms with Crippen molar-refractivity contribution in [2.45, 2.75) is 37.6 Å². The summed E-state index contributed by atoms with van der Waals surface area (Å²) in [5, 5.41) is 2.67. The minimum Gasteiger partial charge on any atom is -0.381 e. The lowest BCUT2D eigenvalue weighted by molar-refractivity contribution is -0.136. The lowest BCUT2D eigenvalue weighted by Gasteiger charge is -2.32. The van der Waals surface area contributed by atoms with Crippen LogP contribution >= 0.6 is 0 Å². The van der Waals surface area contributed by atoms with E-state index < -0.39 is 11.7 Å².